The highest BCUT2D eigenvalue weighted by atomic mass is 15.0. The number of rotatable bonds is 5. The summed E-state index contributed by atoms with van der Waals surface area (Å²) in [5.74, 6) is 0. The summed E-state index contributed by atoms with van der Waals surface area (Å²) in [5.41, 5.74) is 10.8. The number of hydrogen-bond donors (Lipinski definition) is 0. The maximum Gasteiger partial charge on any atom is 0.116 e. The van der Waals surface area contributed by atoms with E-state index in [-0.39, 0.29) is 54.8 Å². The van der Waals surface area contributed by atoms with E-state index in [2.05, 4.69) is 0 Å². The summed E-state index contributed by atoms with van der Waals surface area (Å²) in [7, 11) is 77.2. The molecular weight excluding hydrogens is 723 g/mol. The van der Waals surface area contributed by atoms with E-state index in [4.69, 9.17) is 86.3 Å². The highest BCUT2D eigenvalue weighted by Crippen LogP contribution is 2.37. The quantitative estimate of drug-likeness (QED) is 0.213. The van der Waals surface area contributed by atoms with E-state index < -0.39 is 0 Å². The van der Waals surface area contributed by atoms with E-state index in [1.165, 1.54) is 0 Å². The lowest BCUT2D eigenvalue weighted by Gasteiger charge is -2.25. The second-order valence-corrected chi connectivity index (χ2v) is 15.3. The molecule has 13 heteroatoms. The molecule has 256 valence electrons. The molecule has 0 aliphatic rings. The van der Waals surface area contributed by atoms with Gasteiger partial charge in [-0.2, -0.15) is 0 Å². The predicted molar refractivity (Wildman–Crippen MR) is 271 cm³/mol. The van der Waals surface area contributed by atoms with E-state index in [0.29, 0.717) is 60.0 Å². The van der Waals surface area contributed by atoms with Gasteiger partial charge in [-0.05, 0) is 39.8 Å². The topological polar surface area (TPSA) is 9.86 Å². The van der Waals surface area contributed by atoms with Crippen LogP contribution in [0.5, 0.6) is 0 Å². The molecule has 10 rings (SSSR count). The molecule has 22 radical (unpaired) electrons. The van der Waals surface area contributed by atoms with Crippen LogP contribution in [0.1, 0.15) is 0 Å². The van der Waals surface area contributed by atoms with Gasteiger partial charge in [0, 0.05) is 49.4 Å². The van der Waals surface area contributed by atoms with Crippen LogP contribution in [-0.4, -0.2) is 95.4 Å². The molecule has 0 unspecified atom stereocenters. The van der Waals surface area contributed by atoms with Crippen molar-refractivity contribution in [2.45, 2.75) is 0 Å². The highest BCUT2D eigenvalue weighted by molar-refractivity contribution is 6.67. The fraction of sp³-hybridized carbons (Fsp3) is 0. The Morgan fingerprint density at radius 1 is 0.311 bits per heavy atom. The second kappa shape index (κ2) is 14.6. The summed E-state index contributed by atoms with van der Waals surface area (Å²) >= 11 is 0. The second-order valence-electron chi connectivity index (χ2n) is 15.3. The summed E-state index contributed by atoms with van der Waals surface area (Å²) < 4.78 is 3.91. The number of aromatic nitrogens is 2. The van der Waals surface area contributed by atoms with E-state index in [1.807, 2.05) is 124 Å². The first-order valence-electron chi connectivity index (χ1n) is 19.5. The minimum Gasteiger partial charge on any atom is -0.310 e. The molecule has 2 aromatic heterocycles. The molecular formula is C48H21B11N2. The van der Waals surface area contributed by atoms with Crippen molar-refractivity contribution >= 4 is 190 Å². The fourth-order valence-corrected chi connectivity index (χ4v) is 9.23. The Labute approximate surface area is 369 Å². The Morgan fingerprint density at radius 3 is 1.30 bits per heavy atom. The summed E-state index contributed by atoms with van der Waals surface area (Å²) in [5, 5.41) is 2.20. The van der Waals surface area contributed by atoms with Crippen molar-refractivity contribution in [3.63, 3.8) is 0 Å². The predicted octanol–water partition coefficient (Wildman–Crippen LogP) is -0.386. The van der Waals surface area contributed by atoms with Crippen LogP contribution in [0.3, 0.4) is 0 Å². The van der Waals surface area contributed by atoms with Crippen molar-refractivity contribution in [3.8, 4) is 44.8 Å². The van der Waals surface area contributed by atoms with Gasteiger partial charge in [-0.1, -0.05) is 170 Å². The third kappa shape index (κ3) is 5.72. The molecule has 0 aliphatic heterocycles. The number of nitrogens with zero attached hydrogens (tertiary/aromatic N) is 2. The average Bonchev–Trinajstić information content (AvgIpc) is 3.81. The van der Waals surface area contributed by atoms with Crippen LogP contribution in [-0.2, 0) is 0 Å². The normalized spacial score (nSPS) is 11.7. The Balaban J connectivity index is 1.35. The number of para-hydroxylation sites is 2. The Bertz CT molecular complexity index is 3480. The van der Waals surface area contributed by atoms with Crippen molar-refractivity contribution in [1.29, 1.82) is 0 Å². The van der Waals surface area contributed by atoms with Gasteiger partial charge in [0.05, 0.1) is 11.4 Å². The van der Waals surface area contributed by atoms with E-state index in [0.717, 1.165) is 33.6 Å². The van der Waals surface area contributed by atoms with Crippen molar-refractivity contribution in [1.82, 2.24) is 9.13 Å². The first-order chi connectivity index (χ1) is 29.4. The molecule has 0 saturated heterocycles. The van der Waals surface area contributed by atoms with Crippen LogP contribution in [0.25, 0.3) is 88.4 Å². The van der Waals surface area contributed by atoms with Crippen LogP contribution in [0.2, 0.25) is 0 Å². The van der Waals surface area contributed by atoms with Gasteiger partial charge in [0.2, 0.25) is 0 Å². The molecule has 0 N–H and O–H groups in total. The Hall–Kier alpha value is -5.93. The SMILES string of the molecule is [B]c1cc([B])c2c(c1)c1c([B])c(-c3c([B])c([B])c4c(c3[B])c3c([B])cc([B])c([B])c3n4-c3ccccc3-c3ccccc3)c([B])c([B])c1n2-c1ccccc1-c1ccccc1. The zero-order valence-electron chi connectivity index (χ0n) is 32.9. The minimum absolute atomic E-state index is 0.116. The molecule has 0 saturated carbocycles. The highest BCUT2D eigenvalue weighted by Gasteiger charge is 2.28. The molecule has 0 aliphatic carbocycles. The van der Waals surface area contributed by atoms with Crippen molar-refractivity contribution < 1.29 is 0 Å². The first kappa shape index (κ1) is 39.2. The molecule has 10 aromatic rings. The lowest BCUT2D eigenvalue weighted by molar-refractivity contribution is 1.19. The monoisotopic (exact) mass is 746 g/mol. The molecule has 0 bridgehead atoms. The number of hydrogen-bond acceptors (Lipinski definition) is 0. The molecule has 2 heterocycles. The van der Waals surface area contributed by atoms with Gasteiger partial charge in [0.25, 0.3) is 0 Å². The van der Waals surface area contributed by atoms with Gasteiger partial charge in [-0.15, -0.1) is 5.46 Å². The third-order valence-corrected chi connectivity index (χ3v) is 11.9. The van der Waals surface area contributed by atoms with Crippen molar-refractivity contribution in [3.05, 3.63) is 127 Å². The fourth-order valence-electron chi connectivity index (χ4n) is 9.23. The zero-order valence-corrected chi connectivity index (χ0v) is 32.9. The Kier molecular flexibility index (Phi) is 9.40. The van der Waals surface area contributed by atoms with Gasteiger partial charge in [0.1, 0.15) is 86.3 Å². The summed E-state index contributed by atoms with van der Waals surface area (Å²) in [6, 6.07) is 40.9. The van der Waals surface area contributed by atoms with Crippen LogP contribution < -0.4 is 60.1 Å². The van der Waals surface area contributed by atoms with Gasteiger partial charge in [0.15, 0.2) is 0 Å². The van der Waals surface area contributed by atoms with Gasteiger partial charge < -0.3 is 9.13 Å². The van der Waals surface area contributed by atoms with Crippen LogP contribution >= 0.6 is 0 Å². The molecule has 0 atom stereocenters. The van der Waals surface area contributed by atoms with E-state index >= 15 is 0 Å². The molecule has 8 aromatic carbocycles. The first-order valence-corrected chi connectivity index (χ1v) is 19.5. The standard InChI is InChI=1S/C48H21B11N2/c49-24-19-27-33-39(54)35(41(56)43(58)46(33)60(45(27)30(52)20-24)31-17-9-7-15-25(31)22-11-3-1-4-12-22)36-40(55)37-34-28(50)21-29(51)38(53)47(34)61(48(37)44(59)42(36)57)32-18-10-8-16-26(32)23-13-5-2-6-14-23/h1-21H. The summed E-state index contributed by atoms with van der Waals surface area (Å²) in [6.07, 6.45) is 0. The number of fused-ring (bicyclic) bond motifs is 6. The maximum absolute atomic E-state index is 7.38. The molecule has 0 fully saturated rings. The summed E-state index contributed by atoms with van der Waals surface area (Å²) in [4.78, 5) is 0. The van der Waals surface area contributed by atoms with Crippen molar-refractivity contribution in [2.75, 3.05) is 0 Å². The lowest BCUT2D eigenvalue weighted by atomic mass is 9.62. The molecule has 2 nitrogen and oxygen atoms in total. The van der Waals surface area contributed by atoms with Crippen LogP contribution in [0.15, 0.2) is 127 Å². The van der Waals surface area contributed by atoms with E-state index in [1.54, 1.807) is 12.1 Å². The minimum atomic E-state index is 0.116. The van der Waals surface area contributed by atoms with Gasteiger partial charge in [-0.3, -0.25) is 0 Å². The maximum atomic E-state index is 7.38. The van der Waals surface area contributed by atoms with Gasteiger partial charge >= 0.3 is 0 Å². The Morgan fingerprint density at radius 2 is 0.754 bits per heavy atom. The van der Waals surface area contributed by atoms with Crippen LogP contribution in [0.4, 0.5) is 0 Å². The van der Waals surface area contributed by atoms with Crippen LogP contribution in [0, 0.1) is 0 Å². The van der Waals surface area contributed by atoms with Gasteiger partial charge in [-0.25, -0.2) is 0 Å². The third-order valence-electron chi connectivity index (χ3n) is 11.9. The van der Waals surface area contributed by atoms with Crippen molar-refractivity contribution in [2.24, 2.45) is 0 Å². The largest absolute Gasteiger partial charge is 0.310 e. The summed E-state index contributed by atoms with van der Waals surface area (Å²) in [6.45, 7) is 0. The average molecular weight is 745 g/mol. The zero-order chi connectivity index (χ0) is 42.6. The number of benzene rings is 8. The van der Waals surface area contributed by atoms with E-state index in [9.17, 15) is 0 Å². The molecule has 0 amide bonds. The molecule has 61 heavy (non-hydrogen) atoms. The lowest BCUT2D eigenvalue weighted by Crippen LogP contribution is -2.42. The smallest absolute Gasteiger partial charge is 0.116 e. The molecule has 0 spiro atoms.